The van der Waals surface area contributed by atoms with Gasteiger partial charge in [0.2, 0.25) is 0 Å². The van der Waals surface area contributed by atoms with Gasteiger partial charge in [0.25, 0.3) is 0 Å². The van der Waals surface area contributed by atoms with Crippen LogP contribution in [0.5, 0.6) is 0 Å². The molecule has 2 aromatic carbocycles. The van der Waals surface area contributed by atoms with Gasteiger partial charge in [0, 0.05) is 18.0 Å². The van der Waals surface area contributed by atoms with E-state index in [1.165, 1.54) is 18.4 Å². The second-order valence-corrected chi connectivity index (χ2v) is 8.45. The van der Waals surface area contributed by atoms with Crippen molar-refractivity contribution in [3.05, 3.63) is 84.6 Å². The second kappa shape index (κ2) is 7.27. The fourth-order valence-electron chi connectivity index (χ4n) is 4.29. The molecule has 0 aliphatic heterocycles. The molecule has 3 heterocycles. The van der Waals surface area contributed by atoms with E-state index in [4.69, 9.17) is 9.52 Å². The van der Waals surface area contributed by atoms with Crippen LogP contribution in [0.2, 0.25) is 0 Å². The summed E-state index contributed by atoms with van der Waals surface area (Å²) in [5, 5.41) is 6.09. The van der Waals surface area contributed by atoms with Gasteiger partial charge in [-0.25, -0.2) is 9.50 Å². The lowest BCUT2D eigenvalue weighted by Crippen LogP contribution is -2.31. The third kappa shape index (κ3) is 3.36. The average Bonchev–Trinajstić information content (AvgIpc) is 3.42. The third-order valence-corrected chi connectivity index (χ3v) is 6.15. The Kier molecular flexibility index (Phi) is 4.27. The topological polar surface area (TPSA) is 46.6 Å². The van der Waals surface area contributed by atoms with Crippen molar-refractivity contribution in [2.45, 2.75) is 31.7 Å². The molecule has 1 aliphatic carbocycles. The minimum atomic E-state index is 0.428. The van der Waals surface area contributed by atoms with Gasteiger partial charge in [-0.15, -0.1) is 5.10 Å². The molecule has 1 unspecified atom stereocenters. The highest BCUT2D eigenvalue weighted by Gasteiger charge is 2.31. The minimum Gasteiger partial charge on any atom is -0.454 e. The largest absolute Gasteiger partial charge is 0.454 e. The van der Waals surface area contributed by atoms with Crippen LogP contribution in [0.25, 0.3) is 28.1 Å². The van der Waals surface area contributed by atoms with Crippen LogP contribution < -0.4 is 4.90 Å². The minimum absolute atomic E-state index is 0.428. The Hall–Kier alpha value is -3.60. The number of imidazole rings is 1. The number of anilines is 1. The number of furan rings is 1. The first-order chi connectivity index (χ1) is 15.3. The summed E-state index contributed by atoms with van der Waals surface area (Å²) < 4.78 is 8.00. The summed E-state index contributed by atoms with van der Waals surface area (Å²) in [5.74, 6) is 2.21. The predicted molar refractivity (Wildman–Crippen MR) is 123 cm³/mol. The van der Waals surface area contributed by atoms with Crippen molar-refractivity contribution < 1.29 is 4.42 Å². The van der Waals surface area contributed by atoms with Crippen molar-refractivity contribution in [1.29, 1.82) is 0 Å². The molecule has 154 valence electrons. The van der Waals surface area contributed by atoms with Crippen LogP contribution in [-0.4, -0.2) is 27.2 Å². The Labute approximate surface area is 180 Å². The molecular weight excluding hydrogens is 384 g/mol. The molecule has 6 rings (SSSR count). The normalized spacial score (nSPS) is 14.9. The van der Waals surface area contributed by atoms with Gasteiger partial charge < -0.3 is 9.32 Å². The lowest BCUT2D eigenvalue weighted by atomic mass is 10.0. The van der Waals surface area contributed by atoms with E-state index in [0.29, 0.717) is 12.0 Å². The molecule has 5 nitrogen and oxygen atoms in total. The van der Waals surface area contributed by atoms with Crippen LogP contribution in [0, 0.1) is 0 Å². The molecule has 0 bridgehead atoms. The average molecular weight is 409 g/mol. The van der Waals surface area contributed by atoms with E-state index < -0.39 is 0 Å². The second-order valence-electron chi connectivity index (χ2n) is 8.45. The lowest BCUT2D eigenvalue weighted by Gasteiger charge is -2.27. The predicted octanol–water partition coefficient (Wildman–Crippen LogP) is 5.92. The Balaban J connectivity index is 1.37. The first-order valence-corrected chi connectivity index (χ1v) is 10.9. The van der Waals surface area contributed by atoms with Gasteiger partial charge in [-0.1, -0.05) is 55.5 Å². The number of fused-ring (bicyclic) bond motifs is 2. The highest BCUT2D eigenvalue weighted by atomic mass is 16.3. The molecule has 3 aromatic heterocycles. The number of nitrogens with zero attached hydrogens (tertiary/aromatic N) is 4. The van der Waals surface area contributed by atoms with Crippen LogP contribution in [-0.2, 0) is 0 Å². The van der Waals surface area contributed by atoms with Gasteiger partial charge in [0.1, 0.15) is 17.1 Å². The quantitative estimate of drug-likeness (QED) is 0.350. The summed E-state index contributed by atoms with van der Waals surface area (Å²) >= 11 is 0. The first-order valence-electron chi connectivity index (χ1n) is 10.9. The van der Waals surface area contributed by atoms with Crippen LogP contribution in [0.1, 0.15) is 31.2 Å². The maximum absolute atomic E-state index is 6.09. The summed E-state index contributed by atoms with van der Waals surface area (Å²) in [6, 6.07) is 25.6. The van der Waals surface area contributed by atoms with Gasteiger partial charge in [-0.3, -0.25) is 0 Å². The Morgan fingerprint density at radius 2 is 1.84 bits per heavy atom. The van der Waals surface area contributed by atoms with Crippen molar-refractivity contribution in [3.63, 3.8) is 0 Å². The van der Waals surface area contributed by atoms with Crippen molar-refractivity contribution in [1.82, 2.24) is 14.6 Å². The van der Waals surface area contributed by atoms with E-state index in [9.17, 15) is 0 Å². The van der Waals surface area contributed by atoms with Gasteiger partial charge in [-0.05, 0) is 48.6 Å². The third-order valence-electron chi connectivity index (χ3n) is 6.15. The van der Waals surface area contributed by atoms with Crippen molar-refractivity contribution in [3.8, 4) is 11.5 Å². The number of rotatable bonds is 6. The van der Waals surface area contributed by atoms with E-state index in [2.05, 4.69) is 71.4 Å². The number of benzene rings is 2. The molecule has 0 saturated heterocycles. The zero-order valence-electron chi connectivity index (χ0n) is 17.5. The van der Waals surface area contributed by atoms with Gasteiger partial charge in [0.05, 0.1) is 6.20 Å². The molecule has 0 spiro atoms. The molecule has 5 aromatic rings. The summed E-state index contributed by atoms with van der Waals surface area (Å²) in [4.78, 5) is 7.01. The Morgan fingerprint density at radius 3 is 2.65 bits per heavy atom. The molecular formula is C26H24N4O. The molecule has 1 aliphatic rings. The molecule has 1 saturated carbocycles. The van der Waals surface area contributed by atoms with Crippen LogP contribution in [0.3, 0.4) is 0 Å². The molecule has 0 radical (unpaired) electrons. The maximum Gasteiger partial charge on any atom is 0.155 e. The molecule has 5 heteroatoms. The van der Waals surface area contributed by atoms with Crippen LogP contribution in [0.4, 0.5) is 5.82 Å². The Bertz CT molecular complexity index is 1320. The summed E-state index contributed by atoms with van der Waals surface area (Å²) in [6.45, 7) is 3.24. The number of aromatic nitrogens is 3. The maximum atomic E-state index is 6.09. The van der Waals surface area contributed by atoms with Gasteiger partial charge in [0.15, 0.2) is 11.4 Å². The molecule has 0 amide bonds. The van der Waals surface area contributed by atoms with E-state index in [1.54, 1.807) is 0 Å². The monoisotopic (exact) mass is 408 g/mol. The molecule has 1 atom stereocenters. The van der Waals surface area contributed by atoms with Crippen molar-refractivity contribution in [2.75, 3.05) is 11.4 Å². The fraction of sp³-hybridized carbons (Fsp3) is 0.231. The molecule has 0 N–H and O–H groups in total. The molecule has 1 fully saturated rings. The van der Waals surface area contributed by atoms with Crippen LogP contribution in [0.15, 0.2) is 83.4 Å². The van der Waals surface area contributed by atoms with Crippen molar-refractivity contribution in [2.24, 2.45) is 0 Å². The highest BCUT2D eigenvalue weighted by molar-refractivity contribution is 5.82. The number of hydrogen-bond donors (Lipinski definition) is 0. The lowest BCUT2D eigenvalue weighted by molar-refractivity contribution is 0.624. The van der Waals surface area contributed by atoms with E-state index in [0.717, 1.165) is 40.4 Å². The fourth-order valence-corrected chi connectivity index (χ4v) is 4.29. The van der Waals surface area contributed by atoms with E-state index >= 15 is 0 Å². The summed E-state index contributed by atoms with van der Waals surface area (Å²) in [7, 11) is 0. The van der Waals surface area contributed by atoms with Crippen molar-refractivity contribution >= 4 is 22.4 Å². The first kappa shape index (κ1) is 18.2. The number of hydrogen-bond acceptors (Lipinski definition) is 4. The van der Waals surface area contributed by atoms with Gasteiger partial charge in [-0.2, -0.15) is 0 Å². The standard InChI is InChI=1S/C26H24N4O/c1-18(19-7-3-2-4-8-19)17-29(21-11-12-21)26-14-13-25-27-16-22(30(25)28-26)24-15-20-9-5-6-10-23(20)31-24/h2-10,13-16,18,21H,11-12,17H2,1H3. The van der Waals surface area contributed by atoms with E-state index in [-0.39, 0.29) is 0 Å². The smallest absolute Gasteiger partial charge is 0.155 e. The zero-order chi connectivity index (χ0) is 20.8. The van der Waals surface area contributed by atoms with Crippen LogP contribution >= 0.6 is 0 Å². The summed E-state index contributed by atoms with van der Waals surface area (Å²) in [6.07, 6.45) is 4.29. The molecule has 31 heavy (non-hydrogen) atoms. The SMILES string of the molecule is CC(CN(c1ccc2ncc(-c3cc4ccccc4o3)n2n1)C1CC1)c1ccccc1. The Morgan fingerprint density at radius 1 is 1.03 bits per heavy atom. The summed E-state index contributed by atoms with van der Waals surface area (Å²) in [5.41, 5.74) is 3.94. The highest BCUT2D eigenvalue weighted by Crippen LogP contribution is 2.34. The van der Waals surface area contributed by atoms with E-state index in [1.807, 2.05) is 28.9 Å². The number of para-hydroxylation sites is 1. The zero-order valence-corrected chi connectivity index (χ0v) is 17.5. The van der Waals surface area contributed by atoms with Gasteiger partial charge >= 0.3 is 0 Å².